The Kier molecular flexibility index (Phi) is 7.66. The fourth-order valence-corrected chi connectivity index (χ4v) is 2.25. The number of aliphatic hydroxyl groups excluding tert-OH is 1. The highest BCUT2D eigenvalue weighted by Gasteiger charge is 2.23. The molecule has 0 aliphatic rings. The number of hydrogen-bond acceptors (Lipinski definition) is 9. The van der Waals surface area contributed by atoms with Crippen molar-refractivity contribution >= 4 is 11.7 Å². The Morgan fingerprint density at radius 2 is 2.13 bits per heavy atom. The maximum absolute atomic E-state index is 12.6. The van der Waals surface area contributed by atoms with E-state index >= 15 is 0 Å². The molecule has 0 fully saturated rings. The highest BCUT2D eigenvalue weighted by molar-refractivity contribution is 6.00. The number of hydrogen-bond donors (Lipinski definition) is 4. The summed E-state index contributed by atoms with van der Waals surface area (Å²) in [6, 6.07) is 8.58. The smallest absolute Gasteiger partial charge is 0.284 e. The molecule has 1 heterocycles. The molecule has 1 aromatic carbocycles. The van der Waals surface area contributed by atoms with Crippen molar-refractivity contribution in [1.82, 2.24) is 15.4 Å². The molecule has 10 heteroatoms. The summed E-state index contributed by atoms with van der Waals surface area (Å²) >= 11 is 0. The minimum atomic E-state index is -1.16. The van der Waals surface area contributed by atoms with Crippen LogP contribution in [-0.4, -0.2) is 51.0 Å². The number of benzene rings is 1. The van der Waals surface area contributed by atoms with E-state index in [1.165, 1.54) is 13.8 Å². The Bertz CT molecular complexity index is 936. The van der Waals surface area contributed by atoms with Gasteiger partial charge in [0, 0.05) is 5.56 Å². The van der Waals surface area contributed by atoms with Gasteiger partial charge in [-0.1, -0.05) is 19.1 Å². The molecule has 0 aliphatic carbocycles. The number of nitrogens with one attached hydrogen (secondary N) is 1. The van der Waals surface area contributed by atoms with Crippen molar-refractivity contribution in [3.8, 4) is 23.3 Å². The van der Waals surface area contributed by atoms with Crippen molar-refractivity contribution in [2.45, 2.75) is 38.9 Å². The number of hydroxylamine groups is 1. The fraction of sp³-hybridized carbons (Fsp3) is 0.400. The number of aliphatic hydroxyl groups is 2. The highest BCUT2D eigenvalue weighted by atomic mass is 16.7. The molecule has 10 nitrogen and oxygen atoms in total. The first-order valence-corrected chi connectivity index (χ1v) is 9.28. The zero-order chi connectivity index (χ0) is 22.3. The first kappa shape index (κ1) is 23.0. The van der Waals surface area contributed by atoms with Crippen LogP contribution in [-0.2, 0) is 4.84 Å². The molecule has 2 rings (SSSR count). The van der Waals surface area contributed by atoms with Crippen LogP contribution in [0.4, 0.5) is 5.82 Å². The molecule has 1 aromatic heterocycles. The van der Waals surface area contributed by atoms with Gasteiger partial charge in [0.25, 0.3) is 5.91 Å². The lowest BCUT2D eigenvalue weighted by atomic mass is 10.1. The predicted molar refractivity (Wildman–Crippen MR) is 108 cm³/mol. The van der Waals surface area contributed by atoms with Gasteiger partial charge >= 0.3 is 0 Å². The zero-order valence-electron chi connectivity index (χ0n) is 17.0. The number of ether oxygens (including phenoxy) is 1. The SMILES string of the molecule is CCC(O)COc1nc(-c2cccc(C#N)c2)nc(N)c1C(=O)NOCC(C)(C)O. The molecule has 0 radical (unpaired) electrons. The van der Waals surface area contributed by atoms with Crippen molar-refractivity contribution in [3.05, 3.63) is 35.4 Å². The molecule has 160 valence electrons. The van der Waals surface area contributed by atoms with Crippen molar-refractivity contribution < 1.29 is 24.6 Å². The summed E-state index contributed by atoms with van der Waals surface area (Å²) in [7, 11) is 0. The number of carbonyl (C=O) groups excluding carboxylic acids is 1. The van der Waals surface area contributed by atoms with Gasteiger partial charge in [0.15, 0.2) is 5.82 Å². The van der Waals surface area contributed by atoms with E-state index in [9.17, 15) is 15.0 Å². The number of nitrogens with two attached hydrogens (primary N) is 1. The zero-order valence-corrected chi connectivity index (χ0v) is 17.0. The molecule has 0 bridgehead atoms. The van der Waals surface area contributed by atoms with Gasteiger partial charge < -0.3 is 20.7 Å². The average molecular weight is 415 g/mol. The molecule has 0 aliphatic heterocycles. The van der Waals surface area contributed by atoms with E-state index in [0.29, 0.717) is 17.5 Å². The van der Waals surface area contributed by atoms with E-state index in [1.807, 2.05) is 6.07 Å². The molecule has 1 unspecified atom stereocenters. The van der Waals surface area contributed by atoms with E-state index in [4.69, 9.17) is 20.6 Å². The van der Waals surface area contributed by atoms with Crippen molar-refractivity contribution in [2.24, 2.45) is 0 Å². The fourth-order valence-electron chi connectivity index (χ4n) is 2.25. The van der Waals surface area contributed by atoms with Crippen LogP contribution in [0.2, 0.25) is 0 Å². The number of amides is 1. The average Bonchev–Trinajstić information content (AvgIpc) is 2.70. The quantitative estimate of drug-likeness (QED) is 0.440. The maximum Gasteiger partial charge on any atom is 0.284 e. The van der Waals surface area contributed by atoms with Crippen LogP contribution in [0.3, 0.4) is 0 Å². The lowest BCUT2D eigenvalue weighted by Gasteiger charge is -2.18. The van der Waals surface area contributed by atoms with E-state index in [-0.39, 0.29) is 36.3 Å². The lowest BCUT2D eigenvalue weighted by Crippen LogP contribution is -2.34. The second kappa shape index (κ2) is 9.98. The van der Waals surface area contributed by atoms with Crippen LogP contribution < -0.4 is 16.0 Å². The standard InChI is InChI=1S/C20H25N5O5/c1-4-14(26)10-29-19-15(18(27)25-30-11-20(2,3)28)16(22)23-17(24-19)13-7-5-6-12(8-13)9-21/h5-8,14,26,28H,4,10-11H2,1-3H3,(H,25,27)(H2,22,23,24). The monoisotopic (exact) mass is 415 g/mol. The summed E-state index contributed by atoms with van der Waals surface area (Å²) < 4.78 is 5.55. The molecular formula is C20H25N5O5. The first-order valence-electron chi connectivity index (χ1n) is 9.28. The summed E-state index contributed by atoms with van der Waals surface area (Å²) in [5, 5.41) is 28.6. The molecule has 0 saturated carbocycles. The Balaban J connectivity index is 2.39. The molecular weight excluding hydrogens is 390 g/mol. The number of nitrogen functional groups attached to an aromatic ring is 1. The number of carbonyl (C=O) groups is 1. The maximum atomic E-state index is 12.6. The van der Waals surface area contributed by atoms with E-state index in [2.05, 4.69) is 15.4 Å². The van der Waals surface area contributed by atoms with Crippen LogP contribution in [0, 0.1) is 11.3 Å². The Labute approximate surface area is 174 Å². The number of anilines is 1. The summed E-state index contributed by atoms with van der Waals surface area (Å²) in [4.78, 5) is 26.0. The summed E-state index contributed by atoms with van der Waals surface area (Å²) in [6.07, 6.45) is -0.331. The Morgan fingerprint density at radius 3 is 2.77 bits per heavy atom. The molecule has 2 aromatic rings. The summed E-state index contributed by atoms with van der Waals surface area (Å²) in [6.45, 7) is 4.53. The number of rotatable bonds is 9. The van der Waals surface area contributed by atoms with E-state index in [1.54, 1.807) is 31.2 Å². The second-order valence-electron chi connectivity index (χ2n) is 7.21. The van der Waals surface area contributed by atoms with Gasteiger partial charge in [0.2, 0.25) is 5.88 Å². The third kappa shape index (κ3) is 6.38. The molecule has 1 atom stereocenters. The van der Waals surface area contributed by atoms with Crippen LogP contribution in [0.25, 0.3) is 11.4 Å². The van der Waals surface area contributed by atoms with Crippen molar-refractivity contribution in [3.63, 3.8) is 0 Å². The van der Waals surface area contributed by atoms with Gasteiger partial charge in [-0.3, -0.25) is 9.63 Å². The summed E-state index contributed by atoms with van der Waals surface area (Å²) in [5.74, 6) is -0.931. The van der Waals surface area contributed by atoms with Gasteiger partial charge in [-0.25, -0.2) is 10.5 Å². The van der Waals surface area contributed by atoms with E-state index < -0.39 is 17.6 Å². The van der Waals surface area contributed by atoms with Gasteiger partial charge in [-0.15, -0.1) is 0 Å². The van der Waals surface area contributed by atoms with E-state index in [0.717, 1.165) is 0 Å². The molecule has 0 spiro atoms. The first-order chi connectivity index (χ1) is 14.1. The largest absolute Gasteiger partial charge is 0.474 e. The third-order valence-electron chi connectivity index (χ3n) is 3.85. The third-order valence-corrected chi connectivity index (χ3v) is 3.85. The molecule has 0 saturated heterocycles. The Hall–Kier alpha value is -3.26. The van der Waals surface area contributed by atoms with Crippen LogP contribution in [0.5, 0.6) is 5.88 Å². The van der Waals surface area contributed by atoms with Crippen molar-refractivity contribution in [2.75, 3.05) is 18.9 Å². The summed E-state index contributed by atoms with van der Waals surface area (Å²) in [5.41, 5.74) is 7.75. The number of nitriles is 1. The Morgan fingerprint density at radius 1 is 1.40 bits per heavy atom. The van der Waals surface area contributed by atoms with Crippen LogP contribution >= 0.6 is 0 Å². The minimum absolute atomic E-state index is 0.116. The van der Waals surface area contributed by atoms with Gasteiger partial charge in [0.1, 0.15) is 24.6 Å². The topological polar surface area (TPSA) is 164 Å². The second-order valence-corrected chi connectivity index (χ2v) is 7.21. The highest BCUT2D eigenvalue weighted by Crippen LogP contribution is 2.26. The van der Waals surface area contributed by atoms with Gasteiger partial charge in [-0.2, -0.15) is 10.2 Å². The number of nitrogens with zero attached hydrogens (tertiary/aromatic N) is 3. The molecule has 5 N–H and O–H groups in total. The number of aromatic nitrogens is 2. The van der Waals surface area contributed by atoms with Crippen molar-refractivity contribution in [1.29, 1.82) is 5.26 Å². The van der Waals surface area contributed by atoms with Gasteiger partial charge in [0.05, 0.1) is 23.3 Å². The minimum Gasteiger partial charge on any atom is -0.474 e. The molecule has 1 amide bonds. The predicted octanol–water partition coefficient (Wildman–Crippen LogP) is 1.18. The van der Waals surface area contributed by atoms with Crippen LogP contribution in [0.15, 0.2) is 24.3 Å². The normalized spacial score (nSPS) is 12.1. The lowest BCUT2D eigenvalue weighted by molar-refractivity contribution is -0.0523. The van der Waals surface area contributed by atoms with Gasteiger partial charge in [-0.05, 0) is 32.4 Å². The molecule has 30 heavy (non-hydrogen) atoms. The van der Waals surface area contributed by atoms with Crippen LogP contribution in [0.1, 0.15) is 43.1 Å².